The third kappa shape index (κ3) is 7.74. The van der Waals surface area contributed by atoms with Crippen molar-refractivity contribution in [3.05, 3.63) is 0 Å². The van der Waals surface area contributed by atoms with Crippen molar-refractivity contribution in [3.63, 3.8) is 0 Å². The number of rotatable bonds is 6. The molecule has 0 unspecified atom stereocenters. The predicted molar refractivity (Wildman–Crippen MR) is 52.4 cm³/mol. The Hall–Kier alpha value is -0.610. The summed E-state index contributed by atoms with van der Waals surface area (Å²) in [7, 11) is 6.37. The number of aliphatic carboxylic acids is 1. The van der Waals surface area contributed by atoms with Crippen LogP contribution in [0.5, 0.6) is 0 Å². The molecule has 0 aliphatic heterocycles. The van der Waals surface area contributed by atoms with Gasteiger partial charge in [0, 0.05) is 0 Å². The highest BCUT2D eigenvalue weighted by Gasteiger charge is 2.11. The van der Waals surface area contributed by atoms with E-state index in [1.54, 1.807) is 0 Å². The zero-order valence-corrected chi connectivity index (χ0v) is 8.79. The number of nitrogens with two attached hydrogens (primary N) is 1. The molecule has 0 spiro atoms. The minimum Gasteiger partial charge on any atom is -0.480 e. The van der Waals surface area contributed by atoms with Crippen LogP contribution in [0.25, 0.3) is 0 Å². The Morgan fingerprint density at radius 3 is 2.31 bits per heavy atom. The van der Waals surface area contributed by atoms with Crippen LogP contribution in [0.15, 0.2) is 0 Å². The van der Waals surface area contributed by atoms with Gasteiger partial charge in [-0.1, -0.05) is 0 Å². The number of quaternary nitrogens is 1. The first-order chi connectivity index (χ1) is 5.83. The maximum atomic E-state index is 10.4. The van der Waals surface area contributed by atoms with Gasteiger partial charge in [0.1, 0.15) is 6.04 Å². The van der Waals surface area contributed by atoms with E-state index in [2.05, 4.69) is 21.1 Å². The summed E-state index contributed by atoms with van der Waals surface area (Å²) in [6, 6.07) is -0.688. The van der Waals surface area contributed by atoms with Gasteiger partial charge in [0.05, 0.1) is 27.7 Å². The summed E-state index contributed by atoms with van der Waals surface area (Å²) in [6.07, 6.45) is 2.50. The number of carboxylic acids is 1. The Labute approximate surface area is 79.9 Å². The lowest BCUT2D eigenvalue weighted by molar-refractivity contribution is -0.870. The van der Waals surface area contributed by atoms with Gasteiger partial charge in [0.2, 0.25) is 0 Å². The van der Waals surface area contributed by atoms with Crippen LogP contribution in [0.2, 0.25) is 0 Å². The Morgan fingerprint density at radius 2 is 1.92 bits per heavy atom. The van der Waals surface area contributed by atoms with E-state index in [9.17, 15) is 4.79 Å². The summed E-state index contributed by atoms with van der Waals surface area (Å²) in [4.78, 5) is 10.4. The molecule has 4 nitrogen and oxygen atoms in total. The first-order valence-electron chi connectivity index (χ1n) is 4.62. The predicted octanol–water partition coefficient (Wildman–Crippen LogP) is 0.275. The fourth-order valence-corrected chi connectivity index (χ4v) is 1.07. The van der Waals surface area contributed by atoms with Crippen molar-refractivity contribution in [1.29, 1.82) is 0 Å². The Bertz CT molecular complexity index is 163. The van der Waals surface area contributed by atoms with E-state index < -0.39 is 12.0 Å². The molecule has 13 heavy (non-hydrogen) atoms. The fraction of sp³-hybridized carbons (Fsp3) is 0.889. The summed E-state index contributed by atoms with van der Waals surface area (Å²) in [5, 5.41) is 8.51. The van der Waals surface area contributed by atoms with Crippen LogP contribution < -0.4 is 5.73 Å². The monoisotopic (exact) mass is 192 g/mol. The van der Waals surface area contributed by atoms with E-state index in [0.29, 0.717) is 6.42 Å². The zero-order chi connectivity index (χ0) is 10.5. The van der Waals surface area contributed by atoms with Crippen molar-refractivity contribution < 1.29 is 14.4 Å². The van der Waals surface area contributed by atoms with Crippen molar-refractivity contribution >= 4 is 5.97 Å². The molecule has 0 saturated heterocycles. The number of hydrogen-bond donors (Lipinski definition) is 2. The average Bonchev–Trinajstić information content (AvgIpc) is 1.95. The normalized spacial score (nSPS) is 14.2. The number of carboxylic acid groups (broad SMARTS) is 1. The molecule has 0 bridgehead atoms. The minimum absolute atomic E-state index is 0.579. The molecule has 1 atom stereocenters. The molecule has 3 N–H and O–H groups in total. The van der Waals surface area contributed by atoms with Gasteiger partial charge in [-0.15, -0.1) is 0 Å². The molecule has 0 aromatic rings. The second-order valence-corrected chi connectivity index (χ2v) is 4.45. The van der Waals surface area contributed by atoms with E-state index in [1.165, 1.54) is 0 Å². The number of hydrogen-bond acceptors (Lipinski definition) is 2. The van der Waals surface area contributed by atoms with Gasteiger partial charge in [-0.3, -0.25) is 4.79 Å². The minimum atomic E-state index is -0.898. The average molecular weight is 192 g/mol. The van der Waals surface area contributed by atoms with Crippen LogP contribution in [0.3, 0.4) is 0 Å². The molecule has 0 aromatic carbocycles. The smallest absolute Gasteiger partial charge is 0.320 e. The molecule has 78 valence electrons. The maximum Gasteiger partial charge on any atom is 0.320 e. The van der Waals surface area contributed by atoms with E-state index in [0.717, 1.165) is 23.9 Å². The molecular weight excluding hydrogens is 171 g/mol. The van der Waals surface area contributed by atoms with Crippen LogP contribution in [-0.4, -0.2) is 49.3 Å². The van der Waals surface area contributed by atoms with Gasteiger partial charge >= 0.3 is 5.97 Å². The third-order valence-corrected chi connectivity index (χ3v) is 1.91. The van der Waals surface area contributed by atoms with Crippen molar-refractivity contribution in [2.45, 2.75) is 25.3 Å². The highest BCUT2D eigenvalue weighted by atomic mass is 16.4. The molecule has 0 fully saturated rings. The first kappa shape index (κ1) is 12.4. The lowest BCUT2D eigenvalue weighted by Crippen LogP contribution is -2.35. The number of unbranched alkanes of at least 4 members (excludes halogenated alkanes) is 1. The molecule has 0 radical (unpaired) electrons. The van der Waals surface area contributed by atoms with Gasteiger partial charge in [0.15, 0.2) is 0 Å². The van der Waals surface area contributed by atoms with Gasteiger partial charge in [-0.05, 0) is 19.3 Å². The molecule has 0 aliphatic rings. The number of carbonyl (C=O) groups is 1. The molecule has 0 saturated carbocycles. The summed E-state index contributed by atoms with van der Waals surface area (Å²) < 4.78 is 0.919. The second kappa shape index (κ2) is 5.19. The largest absolute Gasteiger partial charge is 0.480 e. The molecule has 0 aromatic heterocycles. The highest BCUT2D eigenvalue weighted by Crippen LogP contribution is 2.02. The van der Waals surface area contributed by atoms with Gasteiger partial charge in [-0.2, -0.15) is 0 Å². The maximum absolute atomic E-state index is 10.4. The van der Waals surface area contributed by atoms with Gasteiger partial charge < -0.3 is 15.3 Å². The summed E-state index contributed by atoms with van der Waals surface area (Å²) in [5.74, 6) is -0.898. The fourth-order valence-electron chi connectivity index (χ4n) is 1.07. The lowest BCUT2D eigenvalue weighted by atomic mass is 10.1. The van der Waals surface area contributed by atoms with E-state index >= 15 is 0 Å². The van der Waals surface area contributed by atoms with E-state index in [4.69, 9.17) is 10.8 Å². The first-order valence-corrected chi connectivity index (χ1v) is 4.62. The molecule has 0 amide bonds. The topological polar surface area (TPSA) is 63.3 Å². The Kier molecular flexibility index (Phi) is 4.95. The molecule has 0 rings (SSSR count). The second-order valence-electron chi connectivity index (χ2n) is 4.45. The van der Waals surface area contributed by atoms with Crippen molar-refractivity contribution in [2.75, 3.05) is 27.7 Å². The summed E-state index contributed by atoms with van der Waals surface area (Å²) in [6.45, 7) is 1.06. The van der Waals surface area contributed by atoms with Crippen molar-refractivity contribution in [1.82, 2.24) is 0 Å². The number of nitrogens with zero attached hydrogens (tertiary/aromatic N) is 1. The standard InChI is InChI=1S/C9H20N2O2/c1-11(2,3)7-5-4-6-8(10)9(12)13/h8H,4-7,10H2,1-3H3/p+1/t8-/m0/s1/i1+1,2+1,3+1. The van der Waals surface area contributed by atoms with Crippen LogP contribution >= 0.6 is 0 Å². The Morgan fingerprint density at radius 1 is 1.38 bits per heavy atom. The van der Waals surface area contributed by atoms with Crippen LogP contribution in [-0.2, 0) is 4.79 Å². The van der Waals surface area contributed by atoms with Crippen molar-refractivity contribution in [3.8, 4) is 0 Å². The zero-order valence-electron chi connectivity index (χ0n) is 8.79. The third-order valence-electron chi connectivity index (χ3n) is 1.91. The van der Waals surface area contributed by atoms with Gasteiger partial charge in [0.25, 0.3) is 0 Å². The Balaban J connectivity index is 3.41. The van der Waals surface area contributed by atoms with Crippen LogP contribution in [0.1, 0.15) is 19.3 Å². The van der Waals surface area contributed by atoms with Crippen LogP contribution in [0, 0.1) is 0 Å². The molecule has 4 heteroatoms. The van der Waals surface area contributed by atoms with Crippen LogP contribution in [0.4, 0.5) is 0 Å². The molecule has 0 heterocycles. The summed E-state index contributed by atoms with van der Waals surface area (Å²) >= 11 is 0. The SMILES string of the molecule is [13CH3][N+]([13CH3])([13CH3])CCCC[C@H](N)C(=O)O. The lowest BCUT2D eigenvalue weighted by Gasteiger charge is -2.23. The van der Waals surface area contributed by atoms with E-state index in [1.807, 2.05) is 0 Å². The van der Waals surface area contributed by atoms with E-state index in [-0.39, 0.29) is 0 Å². The summed E-state index contributed by atoms with van der Waals surface area (Å²) in [5.41, 5.74) is 5.36. The van der Waals surface area contributed by atoms with Gasteiger partial charge in [-0.25, -0.2) is 0 Å². The quantitative estimate of drug-likeness (QED) is 0.361. The molecular formula is C9H21N2O2+. The van der Waals surface area contributed by atoms with Crippen molar-refractivity contribution in [2.24, 2.45) is 5.73 Å². The highest BCUT2D eigenvalue weighted by molar-refractivity contribution is 5.72. The molecule has 0 aliphatic carbocycles.